The molecule has 0 spiro atoms. The summed E-state index contributed by atoms with van der Waals surface area (Å²) < 4.78 is 4.15. The van der Waals surface area contributed by atoms with Gasteiger partial charge in [0.1, 0.15) is 0 Å². The van der Waals surface area contributed by atoms with E-state index in [1.807, 2.05) is 46.6 Å². The van der Waals surface area contributed by atoms with Crippen LogP contribution in [0.1, 0.15) is 25.6 Å². The molecule has 3 heterocycles. The molecular weight excluding hydrogens is 344 g/mol. The topological polar surface area (TPSA) is 51.9 Å². The Morgan fingerprint density at radius 2 is 1.96 bits per heavy atom. The van der Waals surface area contributed by atoms with Crippen LogP contribution in [0.25, 0.3) is 16.0 Å². The maximum absolute atomic E-state index is 12.5. The molecule has 0 fully saturated rings. The number of hydrogen-bond acceptors (Lipinski definition) is 3. The third-order valence-electron chi connectivity index (χ3n) is 4.30. The number of nitrogens with zero attached hydrogens (tertiary/aromatic N) is 3. The van der Waals surface area contributed by atoms with Crippen LogP contribution in [0.5, 0.6) is 0 Å². The Kier molecular flexibility index (Phi) is 4.34. The number of nitrogens with one attached hydrogen (secondary N) is 1. The highest BCUT2D eigenvalue weighted by molar-refractivity contribution is 7.12. The standard InChI is InChI=1S/C20H20N4OS/c1-14(2)24-11-8-16-17(6-5-7-18(16)24)22-19(25)12-15-13-26-20(21-15)23-9-3-4-10-23/h3-11,13-14H,12H2,1-2H3,(H,22,25). The number of aromatic nitrogens is 3. The molecule has 0 aliphatic carbocycles. The number of amides is 1. The average Bonchev–Trinajstić information content (AvgIpc) is 3.35. The summed E-state index contributed by atoms with van der Waals surface area (Å²) in [5.41, 5.74) is 2.75. The zero-order valence-corrected chi connectivity index (χ0v) is 15.5. The fourth-order valence-electron chi connectivity index (χ4n) is 3.06. The Balaban J connectivity index is 1.51. The minimum absolute atomic E-state index is 0.0563. The SMILES string of the molecule is CC(C)n1ccc2c(NC(=O)Cc3csc(-n4cccc4)n3)cccc21. The Bertz CT molecular complexity index is 1040. The fraction of sp³-hybridized carbons (Fsp3) is 0.200. The van der Waals surface area contributed by atoms with Gasteiger partial charge >= 0.3 is 0 Å². The van der Waals surface area contributed by atoms with Crippen molar-refractivity contribution in [1.29, 1.82) is 0 Å². The first-order chi connectivity index (χ1) is 12.6. The third-order valence-corrected chi connectivity index (χ3v) is 5.20. The quantitative estimate of drug-likeness (QED) is 0.560. The molecule has 0 aliphatic heterocycles. The molecule has 1 amide bonds. The number of anilines is 1. The first kappa shape index (κ1) is 16.6. The molecule has 0 saturated heterocycles. The highest BCUT2D eigenvalue weighted by Gasteiger charge is 2.12. The summed E-state index contributed by atoms with van der Waals surface area (Å²) in [6.07, 6.45) is 6.22. The molecule has 0 bridgehead atoms. The number of carbonyl (C=O) groups is 1. The minimum Gasteiger partial charge on any atom is -0.345 e. The van der Waals surface area contributed by atoms with Gasteiger partial charge in [-0.05, 0) is 44.2 Å². The third kappa shape index (κ3) is 3.15. The first-order valence-corrected chi connectivity index (χ1v) is 9.47. The Labute approximate surface area is 155 Å². The number of thiazole rings is 1. The zero-order chi connectivity index (χ0) is 18.1. The van der Waals surface area contributed by atoms with Crippen LogP contribution in [0.3, 0.4) is 0 Å². The molecule has 132 valence electrons. The lowest BCUT2D eigenvalue weighted by atomic mass is 10.2. The second kappa shape index (κ2) is 6.80. The minimum atomic E-state index is -0.0563. The predicted octanol–water partition coefficient (Wildman–Crippen LogP) is 4.65. The molecular formula is C20H20N4OS. The van der Waals surface area contributed by atoms with E-state index < -0.39 is 0 Å². The first-order valence-electron chi connectivity index (χ1n) is 8.59. The Morgan fingerprint density at radius 1 is 1.15 bits per heavy atom. The van der Waals surface area contributed by atoms with Gasteiger partial charge in [-0.15, -0.1) is 11.3 Å². The Morgan fingerprint density at radius 3 is 2.73 bits per heavy atom. The monoisotopic (exact) mass is 364 g/mol. The number of benzene rings is 1. The van der Waals surface area contributed by atoms with E-state index in [-0.39, 0.29) is 12.3 Å². The van der Waals surface area contributed by atoms with Crippen LogP contribution < -0.4 is 5.32 Å². The molecule has 4 rings (SSSR count). The molecule has 3 aromatic heterocycles. The Hall–Kier alpha value is -2.86. The van der Waals surface area contributed by atoms with Gasteiger partial charge in [0.05, 0.1) is 23.3 Å². The van der Waals surface area contributed by atoms with E-state index in [0.717, 1.165) is 27.4 Å². The zero-order valence-electron chi connectivity index (χ0n) is 14.7. The van der Waals surface area contributed by atoms with Crippen molar-refractivity contribution in [1.82, 2.24) is 14.1 Å². The van der Waals surface area contributed by atoms with Gasteiger partial charge in [-0.25, -0.2) is 4.98 Å². The highest BCUT2D eigenvalue weighted by Crippen LogP contribution is 2.27. The highest BCUT2D eigenvalue weighted by atomic mass is 32.1. The van der Waals surface area contributed by atoms with E-state index in [1.54, 1.807) is 0 Å². The van der Waals surface area contributed by atoms with Crippen molar-refractivity contribution < 1.29 is 4.79 Å². The molecule has 0 radical (unpaired) electrons. The maximum Gasteiger partial charge on any atom is 0.230 e. The van der Waals surface area contributed by atoms with Gasteiger partial charge in [-0.3, -0.25) is 4.79 Å². The number of hydrogen-bond donors (Lipinski definition) is 1. The van der Waals surface area contributed by atoms with Crippen molar-refractivity contribution >= 4 is 33.8 Å². The van der Waals surface area contributed by atoms with Gasteiger partial charge in [-0.1, -0.05) is 6.07 Å². The van der Waals surface area contributed by atoms with Crippen LogP contribution in [-0.4, -0.2) is 20.0 Å². The summed E-state index contributed by atoms with van der Waals surface area (Å²) in [6.45, 7) is 4.30. The van der Waals surface area contributed by atoms with Crippen LogP contribution in [0, 0.1) is 0 Å². The summed E-state index contributed by atoms with van der Waals surface area (Å²) in [4.78, 5) is 17.0. The molecule has 0 unspecified atom stereocenters. The van der Waals surface area contributed by atoms with Gasteiger partial charge in [0.2, 0.25) is 5.91 Å². The summed E-state index contributed by atoms with van der Waals surface area (Å²) in [5, 5.41) is 6.90. The molecule has 6 heteroatoms. The van der Waals surface area contributed by atoms with Gasteiger partial charge in [0.15, 0.2) is 5.13 Å². The van der Waals surface area contributed by atoms with E-state index in [4.69, 9.17) is 0 Å². The fourth-order valence-corrected chi connectivity index (χ4v) is 3.86. The largest absolute Gasteiger partial charge is 0.345 e. The summed E-state index contributed by atoms with van der Waals surface area (Å²) in [6, 6.07) is 12.3. The lowest BCUT2D eigenvalue weighted by Crippen LogP contribution is -2.14. The summed E-state index contributed by atoms with van der Waals surface area (Å²) in [5.74, 6) is -0.0563. The van der Waals surface area contributed by atoms with Gasteiger partial charge in [0.25, 0.3) is 0 Å². The van der Waals surface area contributed by atoms with Crippen LogP contribution in [0.2, 0.25) is 0 Å². The lowest BCUT2D eigenvalue weighted by Gasteiger charge is -2.11. The van der Waals surface area contributed by atoms with E-state index in [9.17, 15) is 4.79 Å². The molecule has 0 atom stereocenters. The van der Waals surface area contributed by atoms with E-state index in [2.05, 4.69) is 47.0 Å². The molecule has 5 nitrogen and oxygen atoms in total. The molecule has 1 aromatic carbocycles. The van der Waals surface area contributed by atoms with Crippen LogP contribution in [0.4, 0.5) is 5.69 Å². The smallest absolute Gasteiger partial charge is 0.230 e. The number of fused-ring (bicyclic) bond motifs is 1. The van der Waals surface area contributed by atoms with Gasteiger partial charge in [0, 0.05) is 35.4 Å². The molecule has 1 N–H and O–H groups in total. The average molecular weight is 364 g/mol. The van der Waals surface area contributed by atoms with Crippen molar-refractivity contribution in [3.8, 4) is 5.13 Å². The van der Waals surface area contributed by atoms with E-state index in [0.29, 0.717) is 6.04 Å². The second-order valence-electron chi connectivity index (χ2n) is 6.49. The van der Waals surface area contributed by atoms with Crippen LogP contribution in [-0.2, 0) is 11.2 Å². The number of rotatable bonds is 5. The summed E-state index contributed by atoms with van der Waals surface area (Å²) >= 11 is 1.53. The molecule has 0 saturated carbocycles. The number of carbonyl (C=O) groups excluding carboxylic acids is 1. The molecule has 26 heavy (non-hydrogen) atoms. The maximum atomic E-state index is 12.5. The van der Waals surface area contributed by atoms with Crippen molar-refractivity contribution in [3.05, 3.63) is 66.1 Å². The van der Waals surface area contributed by atoms with Crippen molar-refractivity contribution in [2.75, 3.05) is 5.32 Å². The van der Waals surface area contributed by atoms with Gasteiger partial charge in [-0.2, -0.15) is 0 Å². The molecule has 0 aliphatic rings. The lowest BCUT2D eigenvalue weighted by molar-refractivity contribution is -0.115. The van der Waals surface area contributed by atoms with Crippen LogP contribution >= 0.6 is 11.3 Å². The van der Waals surface area contributed by atoms with E-state index in [1.165, 1.54) is 11.3 Å². The molecule has 4 aromatic rings. The van der Waals surface area contributed by atoms with E-state index >= 15 is 0 Å². The van der Waals surface area contributed by atoms with Gasteiger partial charge < -0.3 is 14.5 Å². The van der Waals surface area contributed by atoms with Crippen LogP contribution in [0.15, 0.2) is 60.4 Å². The van der Waals surface area contributed by atoms with Crippen molar-refractivity contribution in [3.63, 3.8) is 0 Å². The summed E-state index contributed by atoms with van der Waals surface area (Å²) in [7, 11) is 0. The van der Waals surface area contributed by atoms with Crippen molar-refractivity contribution in [2.24, 2.45) is 0 Å². The van der Waals surface area contributed by atoms with Crippen molar-refractivity contribution in [2.45, 2.75) is 26.3 Å². The predicted molar refractivity (Wildman–Crippen MR) is 106 cm³/mol. The normalized spacial score (nSPS) is 11.3. The second-order valence-corrected chi connectivity index (χ2v) is 7.33.